The summed E-state index contributed by atoms with van der Waals surface area (Å²) < 4.78 is 98.0. The summed E-state index contributed by atoms with van der Waals surface area (Å²) >= 11 is 0. The minimum Gasteiger partial charge on any atom is -0.486 e. The van der Waals surface area contributed by atoms with Crippen LogP contribution in [0.1, 0.15) is 18.9 Å². The van der Waals surface area contributed by atoms with Crippen LogP contribution in [0.3, 0.4) is 0 Å². The molecule has 1 aromatic rings. The summed E-state index contributed by atoms with van der Waals surface area (Å²) in [4.78, 5) is -1.09. The lowest BCUT2D eigenvalue weighted by molar-refractivity contribution is -0.134. The Kier molecular flexibility index (Phi) is 4.99. The summed E-state index contributed by atoms with van der Waals surface area (Å²) in [6.45, 7) is 0.648. The normalized spacial score (nSPS) is 28.4. The van der Waals surface area contributed by atoms with Gasteiger partial charge < -0.3 is 9.84 Å². The molecule has 29 heavy (non-hydrogen) atoms. The van der Waals surface area contributed by atoms with E-state index in [1.165, 1.54) is 0 Å². The third-order valence-electron chi connectivity index (χ3n) is 5.00. The van der Waals surface area contributed by atoms with Crippen molar-refractivity contribution in [1.82, 2.24) is 0 Å². The predicted octanol–water partition coefficient (Wildman–Crippen LogP) is 3.31. The van der Waals surface area contributed by atoms with E-state index in [1.807, 2.05) is 0 Å². The molecule has 1 aromatic carbocycles. The van der Waals surface area contributed by atoms with Gasteiger partial charge >= 0.3 is 5.76 Å². The van der Waals surface area contributed by atoms with Crippen molar-refractivity contribution in [2.45, 2.75) is 36.7 Å². The Labute approximate surface area is 162 Å². The van der Waals surface area contributed by atoms with E-state index in [1.54, 1.807) is 6.07 Å². The highest BCUT2D eigenvalue weighted by atomic mass is 32.2. The average molecular weight is 435 g/mol. The van der Waals surface area contributed by atoms with E-state index < -0.39 is 61.9 Å². The van der Waals surface area contributed by atoms with Gasteiger partial charge in [-0.25, -0.2) is 21.6 Å². The number of ether oxygens (including phenoxy) is 1. The second-order valence-electron chi connectivity index (χ2n) is 6.90. The molecule has 2 aliphatic carbocycles. The Morgan fingerprint density at radius 3 is 2.55 bits per heavy atom. The lowest BCUT2D eigenvalue weighted by atomic mass is 9.86. The van der Waals surface area contributed by atoms with Gasteiger partial charge in [-0.2, -0.15) is 14.0 Å². The van der Waals surface area contributed by atoms with Crippen molar-refractivity contribution in [3.05, 3.63) is 52.2 Å². The number of rotatable bonds is 4. The van der Waals surface area contributed by atoms with Gasteiger partial charge in [0.1, 0.15) is 23.3 Å². The van der Waals surface area contributed by atoms with Crippen LogP contribution in [0.2, 0.25) is 0 Å². The number of hydrogen-bond acceptors (Lipinski definition) is 5. The highest BCUT2D eigenvalue weighted by Crippen LogP contribution is 2.55. The zero-order chi connectivity index (χ0) is 21.8. The van der Waals surface area contributed by atoms with E-state index in [4.69, 9.17) is 10.00 Å². The van der Waals surface area contributed by atoms with Crippen molar-refractivity contribution >= 4 is 9.84 Å². The number of allylic oxidation sites excluding steroid dienone is 1. The third-order valence-corrected chi connectivity index (χ3v) is 6.43. The van der Waals surface area contributed by atoms with Crippen LogP contribution in [-0.4, -0.2) is 36.9 Å². The standard InChI is InChI=1S/C18H14F5NO4S/c1-17(25)15-12(7-18(17,22)23)13(2-3-14(15)29(26,27)16(20)21)28-11-5-9(8-24)4-10(19)6-11/h2-6,12-13,16,25H,7H2,1H3. The molecule has 11 heteroatoms. The van der Waals surface area contributed by atoms with Crippen molar-refractivity contribution in [2.75, 3.05) is 0 Å². The maximum Gasteiger partial charge on any atom is 0.341 e. The molecule has 0 radical (unpaired) electrons. The summed E-state index contributed by atoms with van der Waals surface area (Å²) in [6.07, 6.45) is -0.724. The lowest BCUT2D eigenvalue weighted by Crippen LogP contribution is -2.43. The smallest absolute Gasteiger partial charge is 0.341 e. The summed E-state index contributed by atoms with van der Waals surface area (Å²) in [7, 11) is -5.28. The van der Waals surface area contributed by atoms with Gasteiger partial charge in [0.25, 0.3) is 5.92 Å². The van der Waals surface area contributed by atoms with E-state index in [2.05, 4.69) is 0 Å². The van der Waals surface area contributed by atoms with Crippen LogP contribution in [0.25, 0.3) is 0 Å². The first-order valence-electron chi connectivity index (χ1n) is 8.23. The first kappa shape index (κ1) is 21.3. The van der Waals surface area contributed by atoms with E-state index in [9.17, 15) is 35.5 Å². The highest BCUT2D eigenvalue weighted by Gasteiger charge is 2.64. The number of nitrogens with zero attached hydrogens (tertiary/aromatic N) is 1. The second-order valence-corrected chi connectivity index (χ2v) is 8.79. The SMILES string of the molecule is CC1(O)C2=C(S(=O)(=O)C(F)F)C=CC(Oc3cc(F)cc(C#N)c3)C2CC1(F)F. The van der Waals surface area contributed by atoms with Gasteiger partial charge in [0.05, 0.1) is 16.5 Å². The number of fused-ring (bicyclic) bond motifs is 1. The van der Waals surface area contributed by atoms with Gasteiger partial charge in [0.2, 0.25) is 9.84 Å². The molecular weight excluding hydrogens is 421 g/mol. The Bertz CT molecular complexity index is 1060. The zero-order valence-electron chi connectivity index (χ0n) is 14.7. The summed E-state index contributed by atoms with van der Waals surface area (Å²) in [5, 5.41) is 19.2. The van der Waals surface area contributed by atoms with Gasteiger partial charge in [-0.05, 0) is 36.8 Å². The molecule has 5 nitrogen and oxygen atoms in total. The summed E-state index contributed by atoms with van der Waals surface area (Å²) in [6, 6.07) is 4.62. The average Bonchev–Trinajstić information content (AvgIpc) is 2.80. The van der Waals surface area contributed by atoms with Crippen LogP contribution < -0.4 is 4.74 Å². The molecule has 2 aliphatic rings. The molecule has 0 amide bonds. The number of aliphatic hydroxyl groups is 1. The fourth-order valence-corrected chi connectivity index (χ4v) is 4.68. The topological polar surface area (TPSA) is 87.4 Å². The van der Waals surface area contributed by atoms with Crippen LogP contribution in [0.4, 0.5) is 22.0 Å². The Morgan fingerprint density at radius 2 is 1.97 bits per heavy atom. The van der Waals surface area contributed by atoms with Gasteiger partial charge in [0.15, 0.2) is 0 Å². The minimum atomic E-state index is -5.28. The largest absolute Gasteiger partial charge is 0.486 e. The molecule has 3 rings (SSSR count). The quantitative estimate of drug-likeness (QED) is 0.734. The maximum atomic E-state index is 14.4. The van der Waals surface area contributed by atoms with Crippen LogP contribution in [0.15, 0.2) is 40.8 Å². The molecular formula is C18H14F5NO4S. The molecule has 0 heterocycles. The fraction of sp³-hybridized carbons (Fsp3) is 0.389. The van der Waals surface area contributed by atoms with Crippen LogP contribution in [0.5, 0.6) is 5.75 Å². The zero-order valence-corrected chi connectivity index (χ0v) is 15.6. The maximum absolute atomic E-state index is 14.4. The predicted molar refractivity (Wildman–Crippen MR) is 90.3 cm³/mol. The minimum absolute atomic E-state index is 0.111. The van der Waals surface area contributed by atoms with Crippen molar-refractivity contribution in [3.8, 4) is 11.8 Å². The fourth-order valence-electron chi connectivity index (χ4n) is 3.56. The first-order chi connectivity index (χ1) is 13.3. The summed E-state index contributed by atoms with van der Waals surface area (Å²) in [5.41, 5.74) is -3.91. The summed E-state index contributed by atoms with van der Waals surface area (Å²) in [5.74, 6) is -10.2. The molecule has 0 saturated heterocycles. The van der Waals surface area contributed by atoms with Gasteiger partial charge in [-0.15, -0.1) is 0 Å². The van der Waals surface area contributed by atoms with Crippen LogP contribution in [0, 0.1) is 23.1 Å². The molecule has 1 fully saturated rings. The van der Waals surface area contributed by atoms with Gasteiger partial charge in [0, 0.05) is 18.4 Å². The van der Waals surface area contributed by atoms with E-state index in [-0.39, 0.29) is 11.3 Å². The molecule has 3 unspecified atom stereocenters. The number of hydrogen-bond donors (Lipinski definition) is 1. The Morgan fingerprint density at radius 1 is 1.31 bits per heavy atom. The van der Waals surface area contributed by atoms with Crippen molar-refractivity contribution in [1.29, 1.82) is 5.26 Å². The van der Waals surface area contributed by atoms with Crippen LogP contribution in [-0.2, 0) is 9.84 Å². The third kappa shape index (κ3) is 3.40. The Balaban J connectivity index is 2.09. The van der Waals surface area contributed by atoms with Gasteiger partial charge in [-0.1, -0.05) is 0 Å². The number of nitriles is 1. The van der Waals surface area contributed by atoms with Crippen LogP contribution >= 0.6 is 0 Å². The van der Waals surface area contributed by atoms with E-state index in [0.717, 1.165) is 24.3 Å². The number of sulfone groups is 1. The number of alkyl halides is 4. The van der Waals surface area contributed by atoms with E-state index in [0.29, 0.717) is 13.0 Å². The number of benzene rings is 1. The highest BCUT2D eigenvalue weighted by molar-refractivity contribution is 7.95. The molecule has 1 N–H and O–H groups in total. The first-order valence-corrected chi connectivity index (χ1v) is 9.78. The lowest BCUT2D eigenvalue weighted by Gasteiger charge is -2.32. The van der Waals surface area contributed by atoms with Crippen molar-refractivity contribution < 1.29 is 40.2 Å². The molecule has 0 bridgehead atoms. The Hall–Kier alpha value is -2.45. The van der Waals surface area contributed by atoms with Crippen molar-refractivity contribution in [2.24, 2.45) is 5.92 Å². The second kappa shape index (κ2) is 6.81. The molecule has 0 aliphatic heterocycles. The van der Waals surface area contributed by atoms with Crippen molar-refractivity contribution in [3.63, 3.8) is 0 Å². The van der Waals surface area contributed by atoms with Gasteiger partial charge in [-0.3, -0.25) is 0 Å². The molecule has 3 atom stereocenters. The molecule has 0 spiro atoms. The number of halogens is 5. The monoisotopic (exact) mass is 435 g/mol. The molecule has 1 saturated carbocycles. The van der Waals surface area contributed by atoms with E-state index >= 15 is 0 Å². The molecule has 0 aromatic heterocycles. The molecule has 156 valence electrons.